The molecule has 0 saturated heterocycles. The third-order valence-corrected chi connectivity index (χ3v) is 5.92. The zero-order valence-electron chi connectivity index (χ0n) is 21.9. The van der Waals surface area contributed by atoms with Gasteiger partial charge in [0.05, 0.1) is 6.61 Å². The van der Waals surface area contributed by atoms with E-state index in [2.05, 4.69) is 43.5 Å². The Bertz CT molecular complexity index is 1180. The molecule has 2 amide bonds. The first-order valence-electron chi connectivity index (χ1n) is 12.7. The number of esters is 1. The minimum atomic E-state index is -0.291. The summed E-state index contributed by atoms with van der Waals surface area (Å²) in [4.78, 5) is 36.9. The molecule has 3 aromatic rings. The molecule has 6 heteroatoms. The molecule has 0 unspecified atom stereocenters. The van der Waals surface area contributed by atoms with Gasteiger partial charge >= 0.3 is 5.97 Å². The maximum Gasteiger partial charge on any atom is 0.305 e. The standard InChI is InChI=1S/C31H36N2O4/c1-31(2,3)25-19-17-24(18-20-25)30(36)33-27-14-7-13-26(22-27)32-28(34)15-8-16-29(35)37-21-9-12-23-10-5-4-6-11-23/h4-7,10-11,13-14,17-20,22H,8-9,12,15-16,21H2,1-3H3,(H,32,34)(H,33,36). The second kappa shape index (κ2) is 13.4. The number of anilines is 2. The monoisotopic (exact) mass is 500 g/mol. The van der Waals surface area contributed by atoms with Crippen LogP contribution in [0.3, 0.4) is 0 Å². The van der Waals surface area contributed by atoms with Crippen LogP contribution in [-0.4, -0.2) is 24.4 Å². The largest absolute Gasteiger partial charge is 0.466 e. The number of aryl methyl sites for hydroxylation is 1. The third-order valence-electron chi connectivity index (χ3n) is 5.92. The Morgan fingerprint density at radius 3 is 2.11 bits per heavy atom. The predicted molar refractivity (Wildman–Crippen MR) is 148 cm³/mol. The first-order chi connectivity index (χ1) is 17.7. The molecule has 0 spiro atoms. The van der Waals surface area contributed by atoms with E-state index in [9.17, 15) is 14.4 Å². The van der Waals surface area contributed by atoms with Gasteiger partial charge in [-0.3, -0.25) is 14.4 Å². The fraction of sp³-hybridized carbons (Fsp3) is 0.323. The Morgan fingerprint density at radius 1 is 0.757 bits per heavy atom. The Labute approximate surface area is 219 Å². The molecule has 0 atom stereocenters. The Hall–Kier alpha value is -3.93. The lowest BCUT2D eigenvalue weighted by molar-refractivity contribution is -0.143. The number of hydrogen-bond donors (Lipinski definition) is 2. The fourth-order valence-electron chi connectivity index (χ4n) is 3.80. The molecule has 3 rings (SSSR count). The van der Waals surface area contributed by atoms with Crippen LogP contribution in [0.15, 0.2) is 78.9 Å². The lowest BCUT2D eigenvalue weighted by atomic mass is 9.87. The quantitative estimate of drug-likeness (QED) is 0.232. The molecule has 0 radical (unpaired) electrons. The van der Waals surface area contributed by atoms with Crippen molar-refractivity contribution >= 4 is 29.2 Å². The highest BCUT2D eigenvalue weighted by molar-refractivity contribution is 6.04. The normalized spacial score (nSPS) is 11.0. The van der Waals surface area contributed by atoms with E-state index in [1.165, 1.54) is 5.56 Å². The van der Waals surface area contributed by atoms with Crippen molar-refractivity contribution in [2.24, 2.45) is 0 Å². The molecule has 0 fully saturated rings. The molecule has 2 N–H and O–H groups in total. The average Bonchev–Trinajstić information content (AvgIpc) is 2.87. The van der Waals surface area contributed by atoms with Gasteiger partial charge in [0.1, 0.15) is 0 Å². The van der Waals surface area contributed by atoms with Crippen LogP contribution in [0.1, 0.15) is 67.9 Å². The number of nitrogens with one attached hydrogen (secondary N) is 2. The highest BCUT2D eigenvalue weighted by atomic mass is 16.5. The van der Waals surface area contributed by atoms with Crippen molar-refractivity contribution in [3.8, 4) is 0 Å². The van der Waals surface area contributed by atoms with E-state index >= 15 is 0 Å². The summed E-state index contributed by atoms with van der Waals surface area (Å²) in [5.41, 5.74) is 4.12. The van der Waals surface area contributed by atoms with Crippen LogP contribution in [0, 0.1) is 0 Å². The van der Waals surface area contributed by atoms with Crippen LogP contribution < -0.4 is 10.6 Å². The van der Waals surface area contributed by atoms with Crippen LogP contribution >= 0.6 is 0 Å². The van der Waals surface area contributed by atoms with Gasteiger partial charge in [0, 0.05) is 29.8 Å². The molecule has 0 aliphatic rings. The summed E-state index contributed by atoms with van der Waals surface area (Å²) in [6.45, 7) is 6.75. The molecular formula is C31H36N2O4. The van der Waals surface area contributed by atoms with Crippen molar-refractivity contribution in [1.82, 2.24) is 0 Å². The lowest BCUT2D eigenvalue weighted by Crippen LogP contribution is -2.15. The van der Waals surface area contributed by atoms with Gasteiger partial charge in [0.15, 0.2) is 0 Å². The van der Waals surface area contributed by atoms with Gasteiger partial charge in [-0.1, -0.05) is 69.3 Å². The molecule has 0 heterocycles. The molecule has 37 heavy (non-hydrogen) atoms. The zero-order chi connectivity index (χ0) is 26.7. The average molecular weight is 501 g/mol. The Kier molecular flexibility index (Phi) is 10.0. The molecule has 0 aliphatic carbocycles. The summed E-state index contributed by atoms with van der Waals surface area (Å²) in [6, 6.07) is 24.6. The molecule has 6 nitrogen and oxygen atoms in total. The molecule has 0 saturated carbocycles. The second-order valence-electron chi connectivity index (χ2n) is 10.1. The molecule has 194 valence electrons. The summed E-state index contributed by atoms with van der Waals surface area (Å²) in [5.74, 6) is -0.703. The van der Waals surface area contributed by atoms with Crippen molar-refractivity contribution in [2.45, 2.75) is 58.3 Å². The van der Waals surface area contributed by atoms with Crippen LogP contribution in [0.25, 0.3) is 0 Å². The summed E-state index contributed by atoms with van der Waals surface area (Å²) in [6.07, 6.45) is 2.44. The van der Waals surface area contributed by atoms with Gasteiger partial charge in [-0.2, -0.15) is 0 Å². The van der Waals surface area contributed by atoms with Gasteiger partial charge in [-0.25, -0.2) is 0 Å². The maximum atomic E-state index is 12.6. The number of amides is 2. The van der Waals surface area contributed by atoms with Crippen molar-refractivity contribution in [1.29, 1.82) is 0 Å². The van der Waals surface area contributed by atoms with Crippen LogP contribution in [0.2, 0.25) is 0 Å². The summed E-state index contributed by atoms with van der Waals surface area (Å²) in [5, 5.41) is 5.69. The summed E-state index contributed by atoms with van der Waals surface area (Å²) >= 11 is 0. The summed E-state index contributed by atoms with van der Waals surface area (Å²) in [7, 11) is 0. The molecule has 0 bridgehead atoms. The van der Waals surface area contributed by atoms with Crippen LogP contribution in [-0.2, 0) is 26.2 Å². The predicted octanol–water partition coefficient (Wildman–Crippen LogP) is 6.52. The number of hydrogen-bond acceptors (Lipinski definition) is 4. The van der Waals surface area contributed by atoms with Crippen LogP contribution in [0.5, 0.6) is 0 Å². The van der Waals surface area contributed by atoms with Crippen molar-refractivity contribution in [2.75, 3.05) is 17.2 Å². The molecule has 3 aromatic carbocycles. The van der Waals surface area contributed by atoms with E-state index < -0.39 is 0 Å². The van der Waals surface area contributed by atoms with E-state index in [-0.39, 0.29) is 36.0 Å². The van der Waals surface area contributed by atoms with Crippen molar-refractivity contribution in [3.05, 3.63) is 95.6 Å². The smallest absolute Gasteiger partial charge is 0.305 e. The van der Waals surface area contributed by atoms with Gasteiger partial charge < -0.3 is 15.4 Å². The fourth-order valence-corrected chi connectivity index (χ4v) is 3.80. The first kappa shape index (κ1) is 27.7. The SMILES string of the molecule is CC(C)(C)c1ccc(C(=O)Nc2cccc(NC(=O)CCCC(=O)OCCCc3ccccc3)c2)cc1. The van der Waals surface area contributed by atoms with E-state index in [0.29, 0.717) is 30.0 Å². The van der Waals surface area contributed by atoms with Gasteiger partial charge in [0.25, 0.3) is 5.91 Å². The zero-order valence-corrected chi connectivity index (χ0v) is 21.9. The van der Waals surface area contributed by atoms with E-state index in [4.69, 9.17) is 4.74 Å². The van der Waals surface area contributed by atoms with Crippen molar-refractivity contribution < 1.29 is 19.1 Å². The number of benzene rings is 3. The number of rotatable bonds is 11. The van der Waals surface area contributed by atoms with Gasteiger partial charge in [-0.15, -0.1) is 0 Å². The Morgan fingerprint density at radius 2 is 1.43 bits per heavy atom. The molecule has 0 aliphatic heterocycles. The highest BCUT2D eigenvalue weighted by Crippen LogP contribution is 2.23. The second-order valence-corrected chi connectivity index (χ2v) is 10.1. The van der Waals surface area contributed by atoms with Crippen molar-refractivity contribution in [3.63, 3.8) is 0 Å². The highest BCUT2D eigenvalue weighted by Gasteiger charge is 2.14. The van der Waals surface area contributed by atoms with Crippen LogP contribution in [0.4, 0.5) is 11.4 Å². The first-order valence-corrected chi connectivity index (χ1v) is 12.7. The van der Waals surface area contributed by atoms with Gasteiger partial charge in [-0.05, 0) is 66.1 Å². The topological polar surface area (TPSA) is 84.5 Å². The molecular weight excluding hydrogens is 464 g/mol. The number of carbonyl (C=O) groups excluding carboxylic acids is 3. The maximum absolute atomic E-state index is 12.6. The van der Waals surface area contributed by atoms with E-state index in [0.717, 1.165) is 18.4 Å². The van der Waals surface area contributed by atoms with E-state index in [1.54, 1.807) is 24.3 Å². The third kappa shape index (κ3) is 9.56. The summed E-state index contributed by atoms with van der Waals surface area (Å²) < 4.78 is 5.27. The van der Waals surface area contributed by atoms with E-state index in [1.807, 2.05) is 42.5 Å². The minimum absolute atomic E-state index is 0.0182. The number of ether oxygens (including phenoxy) is 1. The minimum Gasteiger partial charge on any atom is -0.466 e. The number of carbonyl (C=O) groups is 3. The van der Waals surface area contributed by atoms with Gasteiger partial charge in [0.2, 0.25) is 5.91 Å². The Balaban J connectivity index is 1.37. The lowest BCUT2D eigenvalue weighted by Gasteiger charge is -2.19. The molecule has 0 aromatic heterocycles.